The quantitative estimate of drug-likeness (QED) is 0.820. The van der Waals surface area contributed by atoms with Crippen LogP contribution in [0, 0.1) is 0 Å². The number of hydrogen-bond acceptors (Lipinski definition) is 2. The molecule has 16 heavy (non-hydrogen) atoms. The van der Waals surface area contributed by atoms with E-state index in [0.717, 1.165) is 18.2 Å². The van der Waals surface area contributed by atoms with Gasteiger partial charge in [0.1, 0.15) is 0 Å². The smallest absolute Gasteiger partial charge is 0.0571 e. The van der Waals surface area contributed by atoms with E-state index in [1.54, 1.807) is 0 Å². The molecule has 0 spiro atoms. The molecule has 2 atom stereocenters. The van der Waals surface area contributed by atoms with Crippen LogP contribution in [0.4, 0.5) is 5.69 Å². The summed E-state index contributed by atoms with van der Waals surface area (Å²) in [5.41, 5.74) is 9.44. The third-order valence-corrected chi connectivity index (χ3v) is 3.90. The van der Waals surface area contributed by atoms with Gasteiger partial charge in [0.15, 0.2) is 0 Å². The van der Waals surface area contributed by atoms with E-state index in [1.807, 2.05) is 0 Å². The van der Waals surface area contributed by atoms with Gasteiger partial charge in [0, 0.05) is 23.3 Å². The van der Waals surface area contributed by atoms with Gasteiger partial charge in [-0.05, 0) is 24.5 Å². The van der Waals surface area contributed by atoms with Crippen molar-refractivity contribution in [1.29, 1.82) is 0 Å². The molecule has 1 aromatic carbocycles. The van der Waals surface area contributed by atoms with Gasteiger partial charge in [-0.15, -0.1) is 0 Å². The largest absolute Gasteiger partial charge is 0.401 e. The first kappa shape index (κ1) is 9.76. The Hall–Kier alpha value is -1.44. The van der Waals surface area contributed by atoms with Crippen LogP contribution in [0.3, 0.4) is 0 Å². The van der Waals surface area contributed by atoms with Crippen molar-refractivity contribution in [1.82, 2.24) is 0 Å². The minimum Gasteiger partial charge on any atom is -0.401 e. The number of nitrogens with zero attached hydrogens (tertiary/aromatic N) is 1. The van der Waals surface area contributed by atoms with Gasteiger partial charge >= 0.3 is 0 Å². The highest BCUT2D eigenvalue weighted by Gasteiger charge is 2.40. The zero-order valence-electron chi connectivity index (χ0n) is 9.52. The van der Waals surface area contributed by atoms with E-state index in [2.05, 4.69) is 35.7 Å². The van der Waals surface area contributed by atoms with Gasteiger partial charge in [-0.25, -0.2) is 0 Å². The molecule has 2 aliphatic rings. The molecule has 1 aromatic rings. The molecule has 2 heteroatoms. The summed E-state index contributed by atoms with van der Waals surface area (Å²) in [6, 6.07) is 9.42. The Balaban J connectivity index is 2.01. The molecule has 0 saturated heterocycles. The molecule has 0 radical (unpaired) electrons. The van der Waals surface area contributed by atoms with Gasteiger partial charge in [-0.2, -0.15) is 0 Å². The fourth-order valence-corrected chi connectivity index (χ4v) is 3.34. The van der Waals surface area contributed by atoms with E-state index in [1.165, 1.54) is 30.5 Å². The van der Waals surface area contributed by atoms with Crippen LogP contribution >= 0.6 is 0 Å². The number of fused-ring (bicyclic) bond motifs is 3. The number of benzene rings is 1. The number of rotatable bonds is 2. The summed E-state index contributed by atoms with van der Waals surface area (Å²) in [5, 5.41) is 0. The number of nitrogens with two attached hydrogens (primary N) is 1. The Morgan fingerprint density at radius 3 is 3.00 bits per heavy atom. The molecule has 0 aromatic heterocycles. The second-order valence-corrected chi connectivity index (χ2v) is 4.95. The van der Waals surface area contributed by atoms with Crippen molar-refractivity contribution in [3.05, 3.63) is 42.1 Å². The fourth-order valence-electron chi connectivity index (χ4n) is 3.34. The van der Waals surface area contributed by atoms with Crippen LogP contribution in [0.25, 0.3) is 0 Å². The molecule has 1 saturated carbocycles. The van der Waals surface area contributed by atoms with Crippen molar-refractivity contribution < 1.29 is 0 Å². The van der Waals surface area contributed by atoms with E-state index < -0.39 is 0 Å². The molecule has 0 bridgehead atoms. The van der Waals surface area contributed by atoms with Crippen molar-refractivity contribution >= 4 is 5.69 Å². The molecule has 0 amide bonds. The maximum Gasteiger partial charge on any atom is 0.0571 e. The Morgan fingerprint density at radius 2 is 2.19 bits per heavy atom. The fraction of sp³-hybridized carbons (Fsp3) is 0.429. The second kappa shape index (κ2) is 3.55. The average Bonchev–Trinajstić information content (AvgIpc) is 2.82. The Morgan fingerprint density at radius 1 is 1.38 bits per heavy atom. The normalized spacial score (nSPS) is 26.6. The molecular weight excluding hydrogens is 196 g/mol. The van der Waals surface area contributed by atoms with E-state index >= 15 is 0 Å². The standard InChI is InChI=1S/C14H18N2/c1-10(15)9-16-13-7-3-2-5-11(13)12-6-4-8-14(12)16/h2-3,5,7,12,14H,1,4,6,8-9,15H2. The molecule has 1 aliphatic carbocycles. The summed E-state index contributed by atoms with van der Waals surface area (Å²) in [7, 11) is 0. The lowest BCUT2D eigenvalue weighted by Crippen LogP contribution is -2.34. The van der Waals surface area contributed by atoms with E-state index in [4.69, 9.17) is 5.73 Å². The molecule has 2 nitrogen and oxygen atoms in total. The lowest BCUT2D eigenvalue weighted by molar-refractivity contribution is 0.604. The van der Waals surface area contributed by atoms with Crippen LogP contribution in [0.15, 0.2) is 36.5 Å². The van der Waals surface area contributed by atoms with Crippen LogP contribution in [0.5, 0.6) is 0 Å². The maximum absolute atomic E-state index is 5.78. The molecule has 1 aliphatic heterocycles. The first-order valence-corrected chi connectivity index (χ1v) is 6.06. The number of anilines is 1. The Kier molecular flexibility index (Phi) is 2.16. The number of hydrogen-bond donors (Lipinski definition) is 1. The van der Waals surface area contributed by atoms with Gasteiger partial charge in [0.25, 0.3) is 0 Å². The van der Waals surface area contributed by atoms with Crippen LogP contribution in [0.2, 0.25) is 0 Å². The van der Waals surface area contributed by atoms with E-state index in [0.29, 0.717) is 6.04 Å². The highest BCUT2D eigenvalue weighted by atomic mass is 15.2. The zero-order valence-corrected chi connectivity index (χ0v) is 9.52. The summed E-state index contributed by atoms with van der Waals surface area (Å²) < 4.78 is 0. The lowest BCUT2D eigenvalue weighted by atomic mass is 9.98. The van der Waals surface area contributed by atoms with Gasteiger partial charge < -0.3 is 10.6 Å². The highest BCUT2D eigenvalue weighted by Crippen LogP contribution is 2.48. The first-order valence-electron chi connectivity index (χ1n) is 6.06. The monoisotopic (exact) mass is 214 g/mol. The van der Waals surface area contributed by atoms with Gasteiger partial charge in [-0.1, -0.05) is 31.2 Å². The summed E-state index contributed by atoms with van der Waals surface area (Å²) in [6.07, 6.45) is 3.97. The van der Waals surface area contributed by atoms with Gasteiger partial charge in [-0.3, -0.25) is 0 Å². The van der Waals surface area contributed by atoms with Gasteiger partial charge in [0.2, 0.25) is 0 Å². The van der Waals surface area contributed by atoms with Gasteiger partial charge in [0.05, 0.1) is 6.54 Å². The molecule has 1 heterocycles. The van der Waals surface area contributed by atoms with Crippen LogP contribution in [-0.2, 0) is 0 Å². The first-order chi connectivity index (χ1) is 7.77. The van der Waals surface area contributed by atoms with E-state index in [-0.39, 0.29) is 0 Å². The van der Waals surface area contributed by atoms with Crippen LogP contribution in [0.1, 0.15) is 30.7 Å². The second-order valence-electron chi connectivity index (χ2n) is 4.95. The van der Waals surface area contributed by atoms with Crippen molar-refractivity contribution in [2.45, 2.75) is 31.2 Å². The molecule has 2 unspecified atom stereocenters. The summed E-state index contributed by atoms with van der Waals surface area (Å²) in [6.45, 7) is 4.65. The topological polar surface area (TPSA) is 29.3 Å². The minimum absolute atomic E-state index is 0.665. The Labute approximate surface area is 96.7 Å². The van der Waals surface area contributed by atoms with E-state index in [9.17, 15) is 0 Å². The lowest BCUT2D eigenvalue weighted by Gasteiger charge is -2.26. The average molecular weight is 214 g/mol. The maximum atomic E-state index is 5.78. The van der Waals surface area contributed by atoms with Crippen molar-refractivity contribution in [3.8, 4) is 0 Å². The molecule has 3 rings (SSSR count). The van der Waals surface area contributed by atoms with Crippen molar-refractivity contribution in [2.24, 2.45) is 5.73 Å². The SMILES string of the molecule is C=C(N)CN1c2ccccc2C2CCCC21. The third-order valence-electron chi connectivity index (χ3n) is 3.90. The minimum atomic E-state index is 0.665. The molecule has 2 N–H and O–H groups in total. The molecular formula is C14H18N2. The third kappa shape index (κ3) is 1.33. The van der Waals surface area contributed by atoms with Crippen molar-refractivity contribution in [2.75, 3.05) is 11.4 Å². The predicted octanol–water partition coefficient (Wildman–Crippen LogP) is 2.62. The summed E-state index contributed by atoms with van der Waals surface area (Å²) >= 11 is 0. The summed E-state index contributed by atoms with van der Waals surface area (Å²) in [5.74, 6) is 0.732. The zero-order chi connectivity index (χ0) is 11.1. The van der Waals surface area contributed by atoms with Crippen LogP contribution < -0.4 is 10.6 Å². The Bertz CT molecular complexity index is 424. The predicted molar refractivity (Wildman–Crippen MR) is 67.5 cm³/mol. The molecule has 84 valence electrons. The summed E-state index contributed by atoms with van der Waals surface area (Å²) in [4.78, 5) is 2.45. The highest BCUT2D eigenvalue weighted by molar-refractivity contribution is 5.63. The van der Waals surface area contributed by atoms with Crippen LogP contribution in [-0.4, -0.2) is 12.6 Å². The molecule has 1 fully saturated rings. The van der Waals surface area contributed by atoms with Crippen molar-refractivity contribution in [3.63, 3.8) is 0 Å². The number of para-hydroxylation sites is 1.